The van der Waals surface area contributed by atoms with Gasteiger partial charge in [0.25, 0.3) is 0 Å². The van der Waals surface area contributed by atoms with Crippen molar-refractivity contribution in [3.63, 3.8) is 0 Å². The Morgan fingerprint density at radius 1 is 1.36 bits per heavy atom. The number of nitrogens with two attached hydrogens (primary N) is 1. The molecule has 4 N–H and O–H groups in total. The third kappa shape index (κ3) is 5.32. The van der Waals surface area contributed by atoms with E-state index in [1.807, 2.05) is 24.3 Å². The number of carbonyl (C=O) groups is 1. The fraction of sp³-hybridized carbons (Fsp3) is 0.357. The summed E-state index contributed by atoms with van der Waals surface area (Å²) in [5.41, 5.74) is 7.14. The molecule has 8 heteroatoms. The largest absolute Gasteiger partial charge is 0.325 e. The van der Waals surface area contributed by atoms with Crippen molar-refractivity contribution in [1.82, 2.24) is 15.2 Å². The van der Waals surface area contributed by atoms with E-state index in [1.54, 1.807) is 11.8 Å². The summed E-state index contributed by atoms with van der Waals surface area (Å²) in [6, 6.07) is 7.43. The fourth-order valence-electron chi connectivity index (χ4n) is 1.72. The number of hydrogen-bond acceptors (Lipinski definition) is 5. The number of amides is 1. The lowest BCUT2D eigenvalue weighted by atomic mass is 10.2. The molecule has 22 heavy (non-hydrogen) atoms. The minimum absolute atomic E-state index is 0. The standard InChI is InChI=1S/C14H19N5OS.ClH/c1-2-7-21-9-13(20)16-11-5-3-10(4-6-11)14-17-12(8-15)18-19-14;/h3-6H,2,7-9,15H2,1H3,(H,16,20)(H,17,18,19);1H. The monoisotopic (exact) mass is 341 g/mol. The van der Waals surface area contributed by atoms with Gasteiger partial charge in [-0.05, 0) is 36.4 Å². The summed E-state index contributed by atoms with van der Waals surface area (Å²) >= 11 is 1.64. The maximum atomic E-state index is 11.7. The predicted molar refractivity (Wildman–Crippen MR) is 93.2 cm³/mol. The van der Waals surface area contributed by atoms with Crippen LogP contribution in [-0.4, -0.2) is 32.6 Å². The zero-order valence-corrected chi connectivity index (χ0v) is 14.0. The van der Waals surface area contributed by atoms with Crippen molar-refractivity contribution < 1.29 is 4.79 Å². The number of aromatic nitrogens is 3. The third-order valence-corrected chi connectivity index (χ3v) is 3.90. The van der Waals surface area contributed by atoms with Crippen LogP contribution in [0.15, 0.2) is 24.3 Å². The number of hydrogen-bond donors (Lipinski definition) is 3. The molecule has 0 bridgehead atoms. The molecule has 1 aromatic carbocycles. The Morgan fingerprint density at radius 3 is 2.68 bits per heavy atom. The molecule has 2 aromatic rings. The van der Waals surface area contributed by atoms with E-state index < -0.39 is 0 Å². The number of anilines is 1. The second kappa shape index (κ2) is 9.45. The molecule has 0 saturated carbocycles. The quantitative estimate of drug-likeness (QED) is 0.672. The van der Waals surface area contributed by atoms with Gasteiger partial charge in [-0.15, -0.1) is 12.4 Å². The predicted octanol–water partition coefficient (Wildman–Crippen LogP) is 2.43. The minimum Gasteiger partial charge on any atom is -0.325 e. The molecule has 0 unspecified atom stereocenters. The van der Waals surface area contributed by atoms with Crippen LogP contribution in [-0.2, 0) is 11.3 Å². The molecule has 0 aliphatic carbocycles. The van der Waals surface area contributed by atoms with Crippen LogP contribution in [0.2, 0.25) is 0 Å². The lowest BCUT2D eigenvalue weighted by molar-refractivity contribution is -0.113. The first kappa shape index (κ1) is 18.5. The van der Waals surface area contributed by atoms with Crippen molar-refractivity contribution in [2.75, 3.05) is 16.8 Å². The Labute approximate surface area is 140 Å². The van der Waals surface area contributed by atoms with Crippen molar-refractivity contribution in [2.45, 2.75) is 19.9 Å². The van der Waals surface area contributed by atoms with Crippen molar-refractivity contribution in [3.8, 4) is 11.4 Å². The second-order valence-electron chi connectivity index (χ2n) is 4.49. The molecule has 1 amide bonds. The molecular formula is C14H20ClN5OS. The SMILES string of the molecule is CCCSCC(=O)Nc1ccc(-c2n[nH]c(CN)n2)cc1.Cl. The summed E-state index contributed by atoms with van der Waals surface area (Å²) in [5.74, 6) is 2.75. The van der Waals surface area contributed by atoms with Gasteiger partial charge in [-0.1, -0.05) is 6.92 Å². The average Bonchev–Trinajstić information content (AvgIpc) is 2.97. The Kier molecular flexibility index (Phi) is 7.94. The van der Waals surface area contributed by atoms with E-state index in [0.29, 0.717) is 23.9 Å². The number of H-pyrrole nitrogens is 1. The van der Waals surface area contributed by atoms with Gasteiger partial charge >= 0.3 is 0 Å². The number of benzene rings is 1. The smallest absolute Gasteiger partial charge is 0.234 e. The molecule has 1 aromatic heterocycles. The molecule has 0 aliphatic heterocycles. The molecule has 0 spiro atoms. The van der Waals surface area contributed by atoms with Crippen LogP contribution in [0.4, 0.5) is 5.69 Å². The Hall–Kier alpha value is -1.57. The van der Waals surface area contributed by atoms with E-state index in [1.165, 1.54) is 0 Å². The number of nitrogens with zero attached hydrogens (tertiary/aromatic N) is 2. The van der Waals surface area contributed by atoms with E-state index in [2.05, 4.69) is 27.4 Å². The maximum absolute atomic E-state index is 11.7. The molecular weight excluding hydrogens is 322 g/mol. The number of nitrogens with one attached hydrogen (secondary N) is 2. The Bertz CT molecular complexity index is 587. The van der Waals surface area contributed by atoms with E-state index in [4.69, 9.17) is 5.73 Å². The summed E-state index contributed by atoms with van der Waals surface area (Å²) in [6.45, 7) is 2.43. The number of carbonyl (C=O) groups excluding carboxylic acids is 1. The van der Waals surface area contributed by atoms with Crippen molar-refractivity contribution >= 4 is 35.8 Å². The van der Waals surface area contributed by atoms with Gasteiger partial charge in [0, 0.05) is 11.3 Å². The zero-order chi connectivity index (χ0) is 15.1. The van der Waals surface area contributed by atoms with Gasteiger partial charge < -0.3 is 11.1 Å². The molecule has 0 aliphatic rings. The van der Waals surface area contributed by atoms with Gasteiger partial charge in [0.05, 0.1) is 12.3 Å². The highest BCUT2D eigenvalue weighted by molar-refractivity contribution is 7.99. The molecule has 1 heterocycles. The first-order valence-electron chi connectivity index (χ1n) is 6.82. The maximum Gasteiger partial charge on any atom is 0.234 e. The van der Waals surface area contributed by atoms with Crippen molar-refractivity contribution in [2.24, 2.45) is 5.73 Å². The molecule has 0 saturated heterocycles. The van der Waals surface area contributed by atoms with Gasteiger partial charge in [-0.2, -0.15) is 16.9 Å². The fourth-order valence-corrected chi connectivity index (χ4v) is 2.42. The van der Waals surface area contributed by atoms with E-state index >= 15 is 0 Å². The summed E-state index contributed by atoms with van der Waals surface area (Å²) in [7, 11) is 0. The minimum atomic E-state index is 0. The lowest BCUT2D eigenvalue weighted by Crippen LogP contribution is -2.14. The molecule has 120 valence electrons. The third-order valence-electron chi connectivity index (χ3n) is 2.73. The number of rotatable bonds is 7. The summed E-state index contributed by atoms with van der Waals surface area (Å²) in [6.07, 6.45) is 1.08. The summed E-state index contributed by atoms with van der Waals surface area (Å²) in [5, 5.41) is 9.73. The Balaban J connectivity index is 0.00000242. The second-order valence-corrected chi connectivity index (χ2v) is 5.59. The van der Waals surface area contributed by atoms with Gasteiger partial charge in [0.2, 0.25) is 5.91 Å². The Morgan fingerprint density at radius 2 is 2.09 bits per heavy atom. The van der Waals surface area contributed by atoms with Gasteiger partial charge in [-0.25, -0.2) is 4.98 Å². The first-order chi connectivity index (χ1) is 10.2. The summed E-state index contributed by atoms with van der Waals surface area (Å²) < 4.78 is 0. The summed E-state index contributed by atoms with van der Waals surface area (Å²) in [4.78, 5) is 16.0. The van der Waals surface area contributed by atoms with Crippen LogP contribution >= 0.6 is 24.2 Å². The van der Waals surface area contributed by atoms with Crippen LogP contribution in [0.3, 0.4) is 0 Å². The van der Waals surface area contributed by atoms with Gasteiger partial charge in [0.15, 0.2) is 5.82 Å². The number of halogens is 1. The molecule has 0 atom stereocenters. The number of aromatic amines is 1. The average molecular weight is 342 g/mol. The first-order valence-corrected chi connectivity index (χ1v) is 7.97. The highest BCUT2D eigenvalue weighted by Gasteiger charge is 2.06. The van der Waals surface area contributed by atoms with E-state index in [0.717, 1.165) is 23.4 Å². The van der Waals surface area contributed by atoms with E-state index in [9.17, 15) is 4.79 Å². The van der Waals surface area contributed by atoms with Crippen molar-refractivity contribution in [1.29, 1.82) is 0 Å². The topological polar surface area (TPSA) is 96.7 Å². The number of thioether (sulfide) groups is 1. The van der Waals surface area contributed by atoms with Crippen LogP contribution < -0.4 is 11.1 Å². The van der Waals surface area contributed by atoms with Crippen LogP contribution in [0, 0.1) is 0 Å². The molecule has 0 radical (unpaired) electrons. The van der Waals surface area contributed by atoms with Crippen molar-refractivity contribution in [3.05, 3.63) is 30.1 Å². The highest BCUT2D eigenvalue weighted by Crippen LogP contribution is 2.18. The van der Waals surface area contributed by atoms with Crippen LogP contribution in [0.25, 0.3) is 11.4 Å². The zero-order valence-electron chi connectivity index (χ0n) is 12.3. The van der Waals surface area contributed by atoms with Gasteiger partial charge in [0.1, 0.15) is 5.82 Å². The molecule has 0 fully saturated rings. The lowest BCUT2D eigenvalue weighted by Gasteiger charge is -2.05. The van der Waals surface area contributed by atoms with E-state index in [-0.39, 0.29) is 18.3 Å². The van der Waals surface area contributed by atoms with Crippen LogP contribution in [0.1, 0.15) is 19.2 Å². The molecule has 2 rings (SSSR count). The highest BCUT2D eigenvalue weighted by atomic mass is 35.5. The molecule has 6 nitrogen and oxygen atoms in total. The normalized spacial score (nSPS) is 10.1. The van der Waals surface area contributed by atoms with Gasteiger partial charge in [-0.3, -0.25) is 9.89 Å². The van der Waals surface area contributed by atoms with Crippen LogP contribution in [0.5, 0.6) is 0 Å².